The average Bonchev–Trinajstić information content (AvgIpc) is 2.38. The van der Waals surface area contributed by atoms with Gasteiger partial charge in [0.2, 0.25) is 0 Å². The Morgan fingerprint density at radius 1 is 1.44 bits per heavy atom. The van der Waals surface area contributed by atoms with Gasteiger partial charge >= 0.3 is 0 Å². The Morgan fingerprint density at radius 2 is 2.38 bits per heavy atom. The van der Waals surface area contributed by atoms with Crippen molar-refractivity contribution in [2.45, 2.75) is 19.4 Å². The molecule has 0 bridgehead atoms. The summed E-state index contributed by atoms with van der Waals surface area (Å²) in [5, 5.41) is 3.23. The third kappa shape index (κ3) is 3.15. The van der Waals surface area contributed by atoms with E-state index in [0.717, 1.165) is 24.5 Å². The Balaban J connectivity index is 1.83. The molecule has 0 radical (unpaired) electrons. The van der Waals surface area contributed by atoms with Gasteiger partial charge in [0, 0.05) is 18.3 Å². The number of aromatic nitrogens is 2. The van der Waals surface area contributed by atoms with Crippen LogP contribution in [0, 0.1) is 0 Å². The summed E-state index contributed by atoms with van der Waals surface area (Å²) < 4.78 is 10.8. The molecule has 88 valence electrons. The molecule has 0 amide bonds. The maximum atomic E-state index is 5.53. The molecular weight excluding hydrogens is 206 g/mol. The number of ether oxygens (including phenoxy) is 2. The summed E-state index contributed by atoms with van der Waals surface area (Å²) in [6, 6.07) is 1.96. The van der Waals surface area contributed by atoms with Gasteiger partial charge in [-0.15, -0.1) is 0 Å². The maximum Gasteiger partial charge on any atom is 0.129 e. The van der Waals surface area contributed by atoms with Crippen LogP contribution in [0.3, 0.4) is 0 Å². The first kappa shape index (κ1) is 11.3. The second-order valence-corrected chi connectivity index (χ2v) is 3.70. The Kier molecular flexibility index (Phi) is 4.07. The summed E-state index contributed by atoms with van der Waals surface area (Å²) in [7, 11) is 0. The van der Waals surface area contributed by atoms with Crippen molar-refractivity contribution in [1.82, 2.24) is 9.97 Å². The number of nitrogens with one attached hydrogen (secondary N) is 1. The Hall–Kier alpha value is -1.20. The van der Waals surface area contributed by atoms with Gasteiger partial charge in [-0.3, -0.25) is 0 Å². The van der Waals surface area contributed by atoms with Crippen molar-refractivity contribution in [3.63, 3.8) is 0 Å². The molecule has 1 N–H and O–H groups in total. The highest BCUT2D eigenvalue weighted by Gasteiger charge is 2.13. The highest BCUT2D eigenvalue weighted by atomic mass is 16.6. The van der Waals surface area contributed by atoms with Crippen LogP contribution in [0.2, 0.25) is 0 Å². The first-order chi connectivity index (χ1) is 7.88. The summed E-state index contributed by atoms with van der Waals surface area (Å²) in [6.07, 6.45) is 2.62. The van der Waals surface area contributed by atoms with Gasteiger partial charge in [0.1, 0.15) is 12.1 Å². The third-order valence-electron chi connectivity index (χ3n) is 2.48. The Morgan fingerprint density at radius 3 is 3.12 bits per heavy atom. The molecule has 0 aromatic carbocycles. The van der Waals surface area contributed by atoms with Crippen LogP contribution in [0.4, 0.5) is 5.82 Å². The van der Waals surface area contributed by atoms with E-state index in [2.05, 4.69) is 22.2 Å². The van der Waals surface area contributed by atoms with E-state index in [1.54, 1.807) is 6.33 Å². The van der Waals surface area contributed by atoms with E-state index in [-0.39, 0.29) is 6.10 Å². The summed E-state index contributed by atoms with van der Waals surface area (Å²) in [5.74, 6) is 0.848. The van der Waals surface area contributed by atoms with E-state index in [4.69, 9.17) is 9.47 Å². The van der Waals surface area contributed by atoms with Crippen LogP contribution in [-0.4, -0.2) is 42.4 Å². The molecular formula is C11H17N3O2. The molecule has 1 aromatic rings. The van der Waals surface area contributed by atoms with Gasteiger partial charge in [0.25, 0.3) is 0 Å². The molecule has 16 heavy (non-hydrogen) atoms. The monoisotopic (exact) mass is 223 g/mol. The van der Waals surface area contributed by atoms with Crippen molar-refractivity contribution < 1.29 is 9.47 Å². The van der Waals surface area contributed by atoms with Crippen molar-refractivity contribution in [3.8, 4) is 0 Å². The summed E-state index contributed by atoms with van der Waals surface area (Å²) >= 11 is 0. The molecule has 1 atom stereocenters. The van der Waals surface area contributed by atoms with Crippen LogP contribution >= 0.6 is 0 Å². The minimum atomic E-state index is 0.119. The minimum Gasteiger partial charge on any atom is -0.376 e. The van der Waals surface area contributed by atoms with Crippen molar-refractivity contribution in [2.24, 2.45) is 0 Å². The fourth-order valence-corrected chi connectivity index (χ4v) is 1.56. The maximum absolute atomic E-state index is 5.53. The van der Waals surface area contributed by atoms with Crippen LogP contribution in [-0.2, 0) is 15.9 Å². The van der Waals surface area contributed by atoms with Crippen LogP contribution in [0.15, 0.2) is 12.4 Å². The van der Waals surface area contributed by atoms with E-state index in [1.807, 2.05) is 6.07 Å². The SMILES string of the molecule is CCc1cc(NCC2COCCO2)ncn1. The number of hydrogen-bond acceptors (Lipinski definition) is 5. The molecule has 1 aliphatic heterocycles. The molecule has 2 heterocycles. The molecule has 0 saturated carbocycles. The average molecular weight is 223 g/mol. The van der Waals surface area contributed by atoms with E-state index >= 15 is 0 Å². The van der Waals surface area contributed by atoms with Crippen LogP contribution < -0.4 is 5.32 Å². The predicted octanol–water partition coefficient (Wildman–Crippen LogP) is 0.866. The van der Waals surface area contributed by atoms with Gasteiger partial charge < -0.3 is 14.8 Å². The Labute approximate surface area is 95.2 Å². The molecule has 0 spiro atoms. The summed E-state index contributed by atoms with van der Waals surface area (Å²) in [6.45, 7) is 4.82. The van der Waals surface area contributed by atoms with E-state index in [9.17, 15) is 0 Å². The smallest absolute Gasteiger partial charge is 0.129 e. The lowest BCUT2D eigenvalue weighted by molar-refractivity contribution is -0.0819. The van der Waals surface area contributed by atoms with Gasteiger partial charge in [-0.2, -0.15) is 0 Å². The predicted molar refractivity (Wildman–Crippen MR) is 60.5 cm³/mol. The Bertz CT molecular complexity index is 327. The van der Waals surface area contributed by atoms with Gasteiger partial charge in [-0.25, -0.2) is 9.97 Å². The lowest BCUT2D eigenvalue weighted by Gasteiger charge is -2.23. The molecule has 1 aliphatic rings. The standard InChI is InChI=1S/C11H17N3O2/c1-2-9-5-11(14-8-13-9)12-6-10-7-15-3-4-16-10/h5,8,10H,2-4,6-7H2,1H3,(H,12,13,14). The number of hydrogen-bond donors (Lipinski definition) is 1. The lowest BCUT2D eigenvalue weighted by atomic mass is 10.3. The number of anilines is 1. The molecule has 1 saturated heterocycles. The van der Waals surface area contributed by atoms with Gasteiger partial charge in [-0.05, 0) is 6.42 Å². The zero-order valence-electron chi connectivity index (χ0n) is 9.48. The number of aryl methyl sites for hydroxylation is 1. The molecule has 1 aromatic heterocycles. The largest absolute Gasteiger partial charge is 0.376 e. The highest BCUT2D eigenvalue weighted by molar-refractivity contribution is 5.34. The van der Waals surface area contributed by atoms with Crippen LogP contribution in [0.5, 0.6) is 0 Å². The van der Waals surface area contributed by atoms with E-state index < -0.39 is 0 Å². The van der Waals surface area contributed by atoms with Crippen LogP contribution in [0.1, 0.15) is 12.6 Å². The quantitative estimate of drug-likeness (QED) is 0.820. The third-order valence-corrected chi connectivity index (χ3v) is 2.48. The molecule has 1 unspecified atom stereocenters. The molecule has 5 nitrogen and oxygen atoms in total. The zero-order chi connectivity index (χ0) is 11.2. The minimum absolute atomic E-state index is 0.119. The van der Waals surface area contributed by atoms with Gasteiger partial charge in [-0.1, -0.05) is 6.92 Å². The lowest BCUT2D eigenvalue weighted by Crippen LogP contribution is -2.34. The van der Waals surface area contributed by atoms with Crippen molar-refractivity contribution >= 4 is 5.82 Å². The second kappa shape index (κ2) is 5.77. The van der Waals surface area contributed by atoms with Crippen molar-refractivity contribution in [3.05, 3.63) is 18.1 Å². The zero-order valence-corrected chi connectivity index (χ0v) is 9.48. The van der Waals surface area contributed by atoms with Crippen molar-refractivity contribution in [1.29, 1.82) is 0 Å². The number of nitrogens with zero attached hydrogens (tertiary/aromatic N) is 2. The molecule has 5 heteroatoms. The van der Waals surface area contributed by atoms with Crippen molar-refractivity contribution in [2.75, 3.05) is 31.7 Å². The fourth-order valence-electron chi connectivity index (χ4n) is 1.56. The summed E-state index contributed by atoms with van der Waals surface area (Å²) in [4.78, 5) is 8.30. The van der Waals surface area contributed by atoms with Crippen LogP contribution in [0.25, 0.3) is 0 Å². The summed E-state index contributed by atoms with van der Waals surface area (Å²) in [5.41, 5.74) is 1.04. The van der Waals surface area contributed by atoms with E-state index in [1.165, 1.54) is 0 Å². The number of rotatable bonds is 4. The van der Waals surface area contributed by atoms with Gasteiger partial charge in [0.15, 0.2) is 0 Å². The molecule has 0 aliphatic carbocycles. The fraction of sp³-hybridized carbons (Fsp3) is 0.636. The second-order valence-electron chi connectivity index (χ2n) is 3.70. The molecule has 1 fully saturated rings. The molecule has 2 rings (SSSR count). The van der Waals surface area contributed by atoms with Gasteiger partial charge in [0.05, 0.1) is 25.9 Å². The first-order valence-electron chi connectivity index (χ1n) is 5.62. The van der Waals surface area contributed by atoms with E-state index in [0.29, 0.717) is 19.8 Å². The topological polar surface area (TPSA) is 56.3 Å². The normalized spacial score (nSPS) is 20.7. The first-order valence-corrected chi connectivity index (χ1v) is 5.62. The highest BCUT2D eigenvalue weighted by Crippen LogP contribution is 2.06.